The molecule has 1 unspecified atom stereocenters. The minimum atomic E-state index is -4.72. The molecule has 15 heteroatoms. The summed E-state index contributed by atoms with van der Waals surface area (Å²) in [6, 6.07) is 2.66. The number of hydrogen-bond acceptors (Lipinski definition) is 7. The Bertz CT molecular complexity index is 1580. The molecule has 10 nitrogen and oxygen atoms in total. The lowest BCUT2D eigenvalue weighted by Gasteiger charge is -2.51. The van der Waals surface area contributed by atoms with Crippen molar-refractivity contribution in [3.8, 4) is 0 Å². The molecule has 4 amide bonds. The largest absolute Gasteiger partial charge is 0.418 e. The minimum Gasteiger partial charge on any atom is -0.397 e. The number of urea groups is 1. The number of likely N-dealkylation sites (tertiary alicyclic amines) is 1. The van der Waals surface area contributed by atoms with E-state index in [-0.39, 0.29) is 47.3 Å². The second kappa shape index (κ2) is 14.5. The van der Waals surface area contributed by atoms with Gasteiger partial charge in [0.05, 0.1) is 27.9 Å². The van der Waals surface area contributed by atoms with Crippen molar-refractivity contribution < 1.29 is 27.6 Å². The number of anilines is 2. The molecule has 5 fully saturated rings. The van der Waals surface area contributed by atoms with Gasteiger partial charge in [0.2, 0.25) is 11.8 Å². The van der Waals surface area contributed by atoms with E-state index in [0.29, 0.717) is 57.5 Å². The molecule has 6 aliphatic rings. The summed E-state index contributed by atoms with van der Waals surface area (Å²) in [5, 5.41) is 6.77. The molecule has 1 aromatic heterocycles. The lowest BCUT2D eigenvalue weighted by molar-refractivity contribution is -0.143. The molecule has 5 saturated heterocycles. The van der Waals surface area contributed by atoms with Crippen LogP contribution in [0.3, 0.4) is 0 Å². The van der Waals surface area contributed by atoms with Crippen molar-refractivity contribution in [1.29, 1.82) is 0 Å². The molecule has 0 spiro atoms. The fourth-order valence-electron chi connectivity index (χ4n) is 8.71. The number of piperidine rings is 4. The summed E-state index contributed by atoms with van der Waals surface area (Å²) in [5.74, 6) is -0.624. The van der Waals surface area contributed by atoms with E-state index in [0.717, 1.165) is 56.5 Å². The zero-order valence-electron chi connectivity index (χ0n) is 28.1. The highest BCUT2D eigenvalue weighted by Gasteiger charge is 2.40. The molecule has 8 rings (SSSR count). The van der Waals surface area contributed by atoms with Crippen LogP contribution in [0.5, 0.6) is 0 Å². The van der Waals surface area contributed by atoms with Crippen LogP contribution < -0.4 is 11.1 Å². The number of benzene rings is 1. The van der Waals surface area contributed by atoms with Gasteiger partial charge in [-0.15, -0.1) is 11.3 Å². The summed E-state index contributed by atoms with van der Waals surface area (Å²) in [6.45, 7) is 7.32. The highest BCUT2D eigenvalue weighted by atomic mass is 35.5. The van der Waals surface area contributed by atoms with Crippen LogP contribution in [0.15, 0.2) is 22.9 Å². The van der Waals surface area contributed by atoms with Crippen molar-refractivity contribution in [3.63, 3.8) is 0 Å². The number of amides is 4. The predicted molar refractivity (Wildman–Crippen MR) is 187 cm³/mol. The molecule has 3 N–H and O–H groups in total. The zero-order valence-corrected chi connectivity index (χ0v) is 29.7. The van der Waals surface area contributed by atoms with Crippen molar-refractivity contribution in [2.75, 3.05) is 76.5 Å². The number of carbonyl (C=O) groups excluding carboxylic acids is 3. The highest BCUT2D eigenvalue weighted by molar-refractivity contribution is 7.08. The van der Waals surface area contributed by atoms with Gasteiger partial charge in [0, 0.05) is 76.2 Å². The Balaban J connectivity index is 1.02. The number of piperazine rings is 1. The fourth-order valence-corrected chi connectivity index (χ4v) is 9.77. The number of carbonyl (C=O) groups is 3. The Hall–Kier alpha value is -3.07. The summed E-state index contributed by atoms with van der Waals surface area (Å²) in [5.41, 5.74) is 6.30. The highest BCUT2D eigenvalue weighted by Crippen LogP contribution is 2.39. The molecule has 2 bridgehead atoms. The first-order valence-corrected chi connectivity index (χ1v) is 19.1. The predicted octanol–water partition coefficient (Wildman–Crippen LogP) is 4.87. The van der Waals surface area contributed by atoms with E-state index in [1.54, 1.807) is 21.1 Å². The molecule has 2 aromatic rings. The molecule has 272 valence electrons. The summed E-state index contributed by atoms with van der Waals surface area (Å²) < 4.78 is 41.5. The number of hydrogen-bond donors (Lipinski definition) is 2. The molecule has 2 atom stereocenters. The lowest BCUT2D eigenvalue weighted by Crippen LogP contribution is -2.61. The van der Waals surface area contributed by atoms with Gasteiger partial charge in [-0.25, -0.2) is 4.79 Å². The van der Waals surface area contributed by atoms with Crippen molar-refractivity contribution >= 4 is 52.2 Å². The normalized spacial score (nSPS) is 25.6. The Morgan fingerprint density at radius 2 is 1.68 bits per heavy atom. The molecule has 50 heavy (non-hydrogen) atoms. The Morgan fingerprint density at radius 1 is 0.960 bits per heavy atom. The van der Waals surface area contributed by atoms with E-state index < -0.39 is 23.3 Å². The molecule has 7 heterocycles. The minimum absolute atomic E-state index is 0.0191. The number of nitrogens with zero attached hydrogens (tertiary/aromatic N) is 5. The Kier molecular flexibility index (Phi) is 10.3. The van der Waals surface area contributed by atoms with Crippen molar-refractivity contribution in [1.82, 2.24) is 24.5 Å². The van der Waals surface area contributed by atoms with E-state index in [9.17, 15) is 27.6 Å². The number of rotatable bonds is 7. The number of thiophene rings is 1. The molecular weight excluding hydrogens is 691 g/mol. The van der Waals surface area contributed by atoms with Gasteiger partial charge in [0.1, 0.15) is 0 Å². The number of fused-ring (bicyclic) bond motifs is 4. The number of halogens is 4. The first kappa shape index (κ1) is 35.3. The molecular formula is C35H45ClF3N7O3S. The third-order valence-corrected chi connectivity index (χ3v) is 12.7. The number of nitrogen functional groups attached to an aromatic ring is 1. The van der Waals surface area contributed by atoms with E-state index in [1.165, 1.54) is 18.9 Å². The monoisotopic (exact) mass is 735 g/mol. The van der Waals surface area contributed by atoms with Gasteiger partial charge >= 0.3 is 12.2 Å². The maximum absolute atomic E-state index is 14.2. The van der Waals surface area contributed by atoms with Gasteiger partial charge in [-0.05, 0) is 86.2 Å². The number of nitrogens with one attached hydrogen (secondary N) is 1. The second-order valence-electron chi connectivity index (χ2n) is 14.5. The number of nitrogens with two attached hydrogens (primary N) is 1. The second-order valence-corrected chi connectivity index (χ2v) is 15.7. The molecule has 0 radical (unpaired) electrons. The van der Waals surface area contributed by atoms with Crippen molar-refractivity contribution in [2.24, 2.45) is 11.8 Å². The molecule has 0 saturated carbocycles. The first-order chi connectivity index (χ1) is 23.9. The zero-order chi connectivity index (χ0) is 35.2. The van der Waals surface area contributed by atoms with Gasteiger partial charge in [-0.3, -0.25) is 14.5 Å². The van der Waals surface area contributed by atoms with Crippen LogP contribution in [-0.2, 0) is 28.6 Å². The quantitative estimate of drug-likeness (QED) is 0.394. The van der Waals surface area contributed by atoms with Crippen molar-refractivity contribution in [3.05, 3.63) is 44.6 Å². The maximum Gasteiger partial charge on any atom is 0.418 e. The van der Waals surface area contributed by atoms with E-state index >= 15 is 0 Å². The van der Waals surface area contributed by atoms with Crippen molar-refractivity contribution in [2.45, 2.75) is 63.2 Å². The summed E-state index contributed by atoms with van der Waals surface area (Å²) in [6.07, 6.45) is -0.529. The van der Waals surface area contributed by atoms with Gasteiger partial charge in [0.15, 0.2) is 0 Å². The van der Waals surface area contributed by atoms with E-state index in [2.05, 4.69) is 20.5 Å². The van der Waals surface area contributed by atoms with Crippen LogP contribution in [0.1, 0.15) is 48.8 Å². The molecule has 6 aliphatic heterocycles. The standard InChI is InChI=1S/C35H45ClF3N7O3S/c36-28-17-22(16-27(32(28)40)35(37,38)39)15-25(33(48)45-13-11-43(12-14-45)30-19-42-6-1-23(30)2-7-42)18-31(47)44-8-4-26(5-9-44)46-10-3-24-20-50-21-29(24)41-34(46)49/h16-17,20-21,23,25-26,30H,1-15,18-19,40H2,(H,41,49)/t25-,30?/m0/s1. The Labute approximate surface area is 299 Å². The summed E-state index contributed by atoms with van der Waals surface area (Å²) in [7, 11) is 0. The lowest BCUT2D eigenvalue weighted by atomic mass is 9.83. The van der Waals surface area contributed by atoms with E-state index in [4.69, 9.17) is 17.3 Å². The van der Waals surface area contributed by atoms with Gasteiger partial charge in [-0.1, -0.05) is 11.6 Å². The maximum atomic E-state index is 14.2. The molecule has 1 aromatic carbocycles. The van der Waals surface area contributed by atoms with Gasteiger partial charge in [0.25, 0.3) is 0 Å². The van der Waals surface area contributed by atoms with Crippen LogP contribution >= 0.6 is 22.9 Å². The smallest absolute Gasteiger partial charge is 0.397 e. The van der Waals surface area contributed by atoms with E-state index in [1.807, 2.05) is 10.3 Å². The average molecular weight is 736 g/mol. The SMILES string of the molecule is Nc1c(Cl)cc(C[C@@H](CC(=O)N2CCC(N3CCc4cscc4NC3=O)CC2)C(=O)N2CCN(C3CN4CCC3CC4)CC2)cc1C(F)(F)F. The summed E-state index contributed by atoms with van der Waals surface area (Å²) in [4.78, 5) is 51.4. The van der Waals surface area contributed by atoms with Crippen LogP contribution in [0.4, 0.5) is 29.3 Å². The Morgan fingerprint density at radius 3 is 2.34 bits per heavy atom. The van der Waals surface area contributed by atoms with Gasteiger partial charge < -0.3 is 30.7 Å². The topological polar surface area (TPSA) is 105 Å². The number of alkyl halides is 3. The van der Waals surface area contributed by atoms with Crippen LogP contribution in [0.25, 0.3) is 0 Å². The van der Waals surface area contributed by atoms with Crippen LogP contribution in [0.2, 0.25) is 5.02 Å². The first-order valence-electron chi connectivity index (χ1n) is 17.8. The van der Waals surface area contributed by atoms with Gasteiger partial charge in [-0.2, -0.15) is 13.2 Å². The fraction of sp³-hybridized carbons (Fsp3) is 0.629. The average Bonchev–Trinajstić information content (AvgIpc) is 3.49. The van der Waals surface area contributed by atoms with Crippen LogP contribution in [-0.4, -0.2) is 120 Å². The third-order valence-electron chi connectivity index (χ3n) is 11.6. The molecule has 0 aliphatic carbocycles. The van der Waals surface area contributed by atoms with Crippen LogP contribution in [0, 0.1) is 11.8 Å². The summed E-state index contributed by atoms with van der Waals surface area (Å²) >= 11 is 7.73. The third kappa shape index (κ3) is 7.44.